The summed E-state index contributed by atoms with van der Waals surface area (Å²) in [5.41, 5.74) is 1.58. The van der Waals surface area contributed by atoms with E-state index in [1.165, 1.54) is 6.07 Å². The minimum Gasteiger partial charge on any atom is -0.316 e. The van der Waals surface area contributed by atoms with Crippen molar-refractivity contribution in [3.8, 4) is 5.69 Å². The van der Waals surface area contributed by atoms with Crippen LogP contribution in [0.2, 0.25) is 0 Å². The van der Waals surface area contributed by atoms with Crippen molar-refractivity contribution in [3.05, 3.63) is 46.0 Å². The highest BCUT2D eigenvalue weighted by Gasteiger charge is 2.33. The molecule has 0 amide bonds. The number of nitrogens with zero attached hydrogens (tertiary/aromatic N) is 2. The molecule has 0 radical (unpaired) electrons. The van der Waals surface area contributed by atoms with E-state index >= 15 is 0 Å². The van der Waals surface area contributed by atoms with Crippen LogP contribution >= 0.6 is 15.9 Å². The third-order valence-electron chi connectivity index (χ3n) is 2.63. The van der Waals surface area contributed by atoms with E-state index in [1.54, 1.807) is 0 Å². The third kappa shape index (κ3) is 2.29. The molecule has 2 rings (SSSR count). The number of alkyl halides is 3. The fraction of sp³-hybridized carbons (Fsp3) is 0.250. The highest BCUT2D eigenvalue weighted by Crippen LogP contribution is 2.31. The molecule has 0 saturated heterocycles. The molecule has 6 heteroatoms. The topological polar surface area (TPSA) is 17.8 Å². The van der Waals surface area contributed by atoms with Crippen molar-refractivity contribution in [2.75, 3.05) is 0 Å². The second kappa shape index (κ2) is 4.42. The molecule has 0 aliphatic heterocycles. The van der Waals surface area contributed by atoms with Crippen LogP contribution in [-0.2, 0) is 6.18 Å². The maximum absolute atomic E-state index is 12.5. The van der Waals surface area contributed by atoms with E-state index in [-0.39, 0.29) is 4.60 Å². The van der Waals surface area contributed by atoms with Crippen LogP contribution in [0.5, 0.6) is 0 Å². The van der Waals surface area contributed by atoms with E-state index in [9.17, 15) is 13.2 Å². The van der Waals surface area contributed by atoms with Crippen LogP contribution < -0.4 is 0 Å². The first-order valence-corrected chi connectivity index (χ1v) is 5.99. The number of hydrogen-bond acceptors (Lipinski definition) is 1. The van der Waals surface area contributed by atoms with E-state index in [0.717, 1.165) is 17.5 Å². The van der Waals surface area contributed by atoms with Crippen LogP contribution in [-0.4, -0.2) is 9.55 Å². The fourth-order valence-electron chi connectivity index (χ4n) is 1.80. The van der Waals surface area contributed by atoms with Crippen molar-refractivity contribution in [3.63, 3.8) is 0 Å². The van der Waals surface area contributed by atoms with Gasteiger partial charge in [0.15, 0.2) is 0 Å². The van der Waals surface area contributed by atoms with Gasteiger partial charge >= 0.3 is 6.18 Å². The maximum Gasteiger partial charge on any atom is 0.433 e. The molecule has 0 bridgehead atoms. The highest BCUT2D eigenvalue weighted by molar-refractivity contribution is 9.10. The molecule has 2 nitrogen and oxygen atoms in total. The number of aryl methyl sites for hydroxylation is 2. The molecule has 18 heavy (non-hydrogen) atoms. The Kier molecular flexibility index (Phi) is 3.23. The molecular weight excluding hydrogens is 309 g/mol. The van der Waals surface area contributed by atoms with Crippen LogP contribution in [0.25, 0.3) is 5.69 Å². The van der Waals surface area contributed by atoms with Crippen molar-refractivity contribution in [1.82, 2.24) is 9.55 Å². The molecular formula is C12H10BrF3N2. The van der Waals surface area contributed by atoms with Gasteiger partial charge in [0.05, 0.1) is 5.69 Å². The summed E-state index contributed by atoms with van der Waals surface area (Å²) in [5.74, 6) is 0. The molecule has 0 aromatic carbocycles. The minimum absolute atomic E-state index is 0.180. The molecule has 96 valence electrons. The SMILES string of the molecule is Cc1ccc(C)n1-c1ccc(C(F)(F)F)nc1Br. The molecule has 0 atom stereocenters. The second-order valence-electron chi connectivity index (χ2n) is 3.96. The monoisotopic (exact) mass is 318 g/mol. The Balaban J connectivity index is 2.55. The molecule has 0 spiro atoms. The average molecular weight is 319 g/mol. The lowest BCUT2D eigenvalue weighted by molar-refractivity contribution is -0.141. The zero-order valence-electron chi connectivity index (χ0n) is 9.72. The summed E-state index contributed by atoms with van der Waals surface area (Å²) in [4.78, 5) is 3.55. The van der Waals surface area contributed by atoms with Gasteiger partial charge < -0.3 is 4.57 Å². The van der Waals surface area contributed by atoms with Crippen LogP contribution in [0.1, 0.15) is 17.1 Å². The van der Waals surface area contributed by atoms with Gasteiger partial charge in [-0.1, -0.05) is 0 Å². The van der Waals surface area contributed by atoms with Crippen molar-refractivity contribution >= 4 is 15.9 Å². The Morgan fingerprint density at radius 3 is 2.06 bits per heavy atom. The summed E-state index contributed by atoms with van der Waals surface area (Å²) in [6.45, 7) is 3.77. The molecule has 0 N–H and O–H groups in total. The molecule has 2 aromatic rings. The van der Waals surface area contributed by atoms with Crippen LogP contribution in [0.15, 0.2) is 28.9 Å². The Labute approximate surface area is 111 Å². The van der Waals surface area contributed by atoms with Gasteiger partial charge in [-0.15, -0.1) is 0 Å². The lowest BCUT2D eigenvalue weighted by atomic mass is 10.3. The van der Waals surface area contributed by atoms with E-state index in [1.807, 2.05) is 30.5 Å². The lowest BCUT2D eigenvalue weighted by Gasteiger charge is -2.13. The van der Waals surface area contributed by atoms with E-state index in [0.29, 0.717) is 5.69 Å². The van der Waals surface area contributed by atoms with Crippen LogP contribution in [0.4, 0.5) is 13.2 Å². The first-order chi connectivity index (χ1) is 8.30. The van der Waals surface area contributed by atoms with Gasteiger partial charge in [0, 0.05) is 11.4 Å². The summed E-state index contributed by atoms with van der Waals surface area (Å²) in [5, 5.41) is 0. The third-order valence-corrected chi connectivity index (χ3v) is 3.22. The summed E-state index contributed by atoms with van der Waals surface area (Å²) < 4.78 is 39.6. The first-order valence-electron chi connectivity index (χ1n) is 5.20. The number of rotatable bonds is 1. The molecule has 2 heterocycles. The molecule has 2 aromatic heterocycles. The second-order valence-corrected chi connectivity index (χ2v) is 4.71. The Morgan fingerprint density at radius 2 is 1.61 bits per heavy atom. The van der Waals surface area contributed by atoms with Gasteiger partial charge in [-0.3, -0.25) is 0 Å². The van der Waals surface area contributed by atoms with Crippen molar-refractivity contribution < 1.29 is 13.2 Å². The van der Waals surface area contributed by atoms with Gasteiger partial charge in [0.25, 0.3) is 0 Å². The Hall–Kier alpha value is -1.30. The van der Waals surface area contributed by atoms with Crippen LogP contribution in [0.3, 0.4) is 0 Å². The van der Waals surface area contributed by atoms with E-state index in [2.05, 4.69) is 20.9 Å². The summed E-state index contributed by atoms with van der Waals surface area (Å²) in [6.07, 6.45) is -4.43. The van der Waals surface area contributed by atoms with E-state index < -0.39 is 11.9 Å². The fourth-order valence-corrected chi connectivity index (χ4v) is 2.30. The quantitative estimate of drug-likeness (QED) is 0.718. The molecule has 0 fully saturated rings. The number of pyridine rings is 1. The Morgan fingerprint density at radius 1 is 1.06 bits per heavy atom. The van der Waals surface area contributed by atoms with Crippen LogP contribution in [0, 0.1) is 13.8 Å². The normalized spacial score (nSPS) is 11.9. The summed E-state index contributed by atoms with van der Waals surface area (Å²) in [6, 6.07) is 6.21. The smallest absolute Gasteiger partial charge is 0.316 e. The van der Waals surface area contributed by atoms with Gasteiger partial charge in [-0.2, -0.15) is 13.2 Å². The average Bonchev–Trinajstić information content (AvgIpc) is 2.58. The van der Waals surface area contributed by atoms with Crippen molar-refractivity contribution in [1.29, 1.82) is 0 Å². The zero-order chi connectivity index (χ0) is 13.5. The number of aromatic nitrogens is 2. The van der Waals surface area contributed by atoms with Crippen molar-refractivity contribution in [2.45, 2.75) is 20.0 Å². The molecule has 0 aliphatic rings. The summed E-state index contributed by atoms with van der Waals surface area (Å²) >= 11 is 3.10. The van der Waals surface area contributed by atoms with E-state index in [4.69, 9.17) is 0 Å². The summed E-state index contributed by atoms with van der Waals surface area (Å²) in [7, 11) is 0. The highest BCUT2D eigenvalue weighted by atomic mass is 79.9. The Bertz CT molecular complexity index is 568. The standard InChI is InChI=1S/C12H10BrF3N2/c1-7-3-4-8(2)18(7)9-5-6-10(12(14,15)16)17-11(9)13/h3-6H,1-2H3. The molecule has 0 aliphatic carbocycles. The number of hydrogen-bond donors (Lipinski definition) is 0. The predicted molar refractivity (Wildman–Crippen MR) is 65.7 cm³/mol. The molecule has 0 saturated carbocycles. The maximum atomic E-state index is 12.5. The predicted octanol–water partition coefficient (Wildman–Crippen LogP) is 4.27. The van der Waals surface area contributed by atoms with Crippen molar-refractivity contribution in [2.24, 2.45) is 0 Å². The van der Waals surface area contributed by atoms with Gasteiger partial charge in [-0.05, 0) is 54.0 Å². The molecule has 0 unspecified atom stereocenters. The first kappa shape index (κ1) is 13.1. The van der Waals surface area contributed by atoms with Gasteiger partial charge in [0.1, 0.15) is 10.3 Å². The minimum atomic E-state index is -4.43. The number of halogens is 4. The van der Waals surface area contributed by atoms with Gasteiger partial charge in [-0.25, -0.2) is 4.98 Å². The zero-order valence-corrected chi connectivity index (χ0v) is 11.3. The lowest BCUT2D eigenvalue weighted by Crippen LogP contribution is -2.10. The van der Waals surface area contributed by atoms with Gasteiger partial charge in [0.2, 0.25) is 0 Å². The largest absolute Gasteiger partial charge is 0.433 e.